The lowest BCUT2D eigenvalue weighted by Crippen LogP contribution is -2.39. The van der Waals surface area contributed by atoms with Crippen molar-refractivity contribution in [1.82, 2.24) is 4.90 Å². The molecule has 0 aromatic heterocycles. The normalized spacial score (nSPS) is 51.2. The number of hydrogen-bond donors (Lipinski definition) is 4. The maximum absolute atomic E-state index is 9.58. The molecule has 0 amide bonds. The van der Waals surface area contributed by atoms with Gasteiger partial charge in [0, 0.05) is 6.54 Å². The van der Waals surface area contributed by atoms with Crippen LogP contribution in [0.3, 0.4) is 0 Å². The molecule has 5 nitrogen and oxygen atoms in total. The van der Waals surface area contributed by atoms with Crippen molar-refractivity contribution in [3.05, 3.63) is 0 Å². The SMILES string of the molecule is OC[C@H]1[C@@H](O)[C@H](O)[C@H]2[C@@H](O)CCN21. The highest BCUT2D eigenvalue weighted by Gasteiger charge is 2.52. The van der Waals surface area contributed by atoms with E-state index in [4.69, 9.17) is 5.11 Å². The predicted octanol–water partition coefficient (Wildman–Crippen LogP) is -2.48. The van der Waals surface area contributed by atoms with Gasteiger partial charge < -0.3 is 20.4 Å². The van der Waals surface area contributed by atoms with Crippen LogP contribution in [0.25, 0.3) is 0 Å². The van der Waals surface area contributed by atoms with Crippen LogP contribution >= 0.6 is 0 Å². The van der Waals surface area contributed by atoms with Crippen LogP contribution in [-0.2, 0) is 0 Å². The fraction of sp³-hybridized carbons (Fsp3) is 1.00. The van der Waals surface area contributed by atoms with E-state index < -0.39 is 30.4 Å². The lowest BCUT2D eigenvalue weighted by Gasteiger charge is -2.22. The average Bonchev–Trinajstić information content (AvgIpc) is 2.57. The molecule has 0 aromatic rings. The van der Waals surface area contributed by atoms with Crippen molar-refractivity contribution < 1.29 is 20.4 Å². The summed E-state index contributed by atoms with van der Waals surface area (Å²) in [6.07, 6.45) is -1.86. The molecule has 0 saturated carbocycles. The predicted molar refractivity (Wildman–Crippen MR) is 44.0 cm³/mol. The lowest BCUT2D eigenvalue weighted by atomic mass is 10.0. The van der Waals surface area contributed by atoms with Crippen molar-refractivity contribution in [2.24, 2.45) is 0 Å². The molecule has 0 aromatic carbocycles. The van der Waals surface area contributed by atoms with E-state index in [0.29, 0.717) is 13.0 Å². The van der Waals surface area contributed by atoms with E-state index in [1.54, 1.807) is 4.90 Å². The second-order valence-electron chi connectivity index (χ2n) is 3.82. The van der Waals surface area contributed by atoms with E-state index in [0.717, 1.165) is 0 Å². The molecule has 2 saturated heterocycles. The monoisotopic (exact) mass is 189 g/mol. The molecule has 0 radical (unpaired) electrons. The van der Waals surface area contributed by atoms with E-state index in [1.165, 1.54) is 0 Å². The van der Waals surface area contributed by atoms with Gasteiger partial charge in [0.15, 0.2) is 0 Å². The maximum atomic E-state index is 9.58. The fourth-order valence-electron chi connectivity index (χ4n) is 2.47. The molecule has 2 rings (SSSR count). The lowest BCUT2D eigenvalue weighted by molar-refractivity contribution is -0.000895. The highest BCUT2D eigenvalue weighted by molar-refractivity contribution is 5.06. The van der Waals surface area contributed by atoms with E-state index in [2.05, 4.69) is 0 Å². The first-order valence-electron chi connectivity index (χ1n) is 4.57. The molecule has 4 N–H and O–H groups in total. The van der Waals surface area contributed by atoms with E-state index >= 15 is 0 Å². The molecule has 5 atom stereocenters. The van der Waals surface area contributed by atoms with Crippen LogP contribution in [-0.4, -0.2) is 68.9 Å². The van der Waals surface area contributed by atoms with Crippen LogP contribution in [0, 0.1) is 0 Å². The largest absolute Gasteiger partial charge is 0.395 e. The van der Waals surface area contributed by atoms with Crippen molar-refractivity contribution in [3.8, 4) is 0 Å². The van der Waals surface area contributed by atoms with Gasteiger partial charge in [-0.3, -0.25) is 4.90 Å². The molecule has 5 heteroatoms. The van der Waals surface area contributed by atoms with Crippen molar-refractivity contribution in [3.63, 3.8) is 0 Å². The molecule has 76 valence electrons. The maximum Gasteiger partial charge on any atom is 0.0995 e. The minimum Gasteiger partial charge on any atom is -0.395 e. The Bertz CT molecular complexity index is 201. The van der Waals surface area contributed by atoms with Gasteiger partial charge in [-0.05, 0) is 6.42 Å². The van der Waals surface area contributed by atoms with Crippen LogP contribution < -0.4 is 0 Å². The summed E-state index contributed by atoms with van der Waals surface area (Å²) in [6, 6.07) is -0.815. The first-order valence-corrected chi connectivity index (χ1v) is 4.57. The van der Waals surface area contributed by atoms with Crippen LogP contribution in [0.5, 0.6) is 0 Å². The van der Waals surface area contributed by atoms with Gasteiger partial charge >= 0.3 is 0 Å². The molecule has 2 heterocycles. The third kappa shape index (κ3) is 1.19. The second kappa shape index (κ2) is 3.18. The minimum absolute atomic E-state index is 0.179. The standard InChI is InChI=1S/C8H15NO4/c10-3-4-7(12)8(13)6-5(11)1-2-9(4)6/h4-8,10-13H,1-3H2/t4-,5-,6+,7+,8+/m0/s1. The summed E-state index contributed by atoms with van der Waals surface area (Å²) in [5, 5.41) is 37.6. The van der Waals surface area contributed by atoms with Gasteiger partial charge in [-0.15, -0.1) is 0 Å². The number of aliphatic hydroxyl groups excluding tert-OH is 4. The highest BCUT2D eigenvalue weighted by atomic mass is 16.3. The molecule has 2 aliphatic rings. The van der Waals surface area contributed by atoms with E-state index in [9.17, 15) is 15.3 Å². The fourth-order valence-corrected chi connectivity index (χ4v) is 2.47. The molecule has 0 aliphatic carbocycles. The Kier molecular flexibility index (Phi) is 2.29. The molecule has 2 aliphatic heterocycles. The summed E-state index contributed by atoms with van der Waals surface area (Å²) >= 11 is 0. The molecule has 0 spiro atoms. The Morgan fingerprint density at radius 2 is 1.85 bits per heavy atom. The van der Waals surface area contributed by atoms with Crippen LogP contribution in [0.1, 0.15) is 6.42 Å². The smallest absolute Gasteiger partial charge is 0.0995 e. The molecule has 13 heavy (non-hydrogen) atoms. The van der Waals surface area contributed by atoms with Gasteiger partial charge in [-0.25, -0.2) is 0 Å². The summed E-state index contributed by atoms with van der Waals surface area (Å²) in [7, 11) is 0. The van der Waals surface area contributed by atoms with Gasteiger partial charge in [-0.1, -0.05) is 0 Å². The van der Waals surface area contributed by atoms with Gasteiger partial charge in [0.2, 0.25) is 0 Å². The first kappa shape index (κ1) is 9.36. The number of rotatable bonds is 1. The Morgan fingerprint density at radius 3 is 2.46 bits per heavy atom. The van der Waals surface area contributed by atoms with Gasteiger partial charge in [0.05, 0.1) is 37.0 Å². The zero-order valence-electron chi connectivity index (χ0n) is 7.24. The number of nitrogens with zero attached hydrogens (tertiary/aromatic N) is 1. The van der Waals surface area contributed by atoms with Crippen LogP contribution in [0.2, 0.25) is 0 Å². The van der Waals surface area contributed by atoms with Crippen LogP contribution in [0.4, 0.5) is 0 Å². The molecule has 2 fully saturated rings. The Balaban J connectivity index is 2.19. The Morgan fingerprint density at radius 1 is 1.15 bits per heavy atom. The molecular weight excluding hydrogens is 174 g/mol. The molecule has 0 unspecified atom stereocenters. The minimum atomic E-state index is -0.940. The van der Waals surface area contributed by atoms with Gasteiger partial charge in [0.1, 0.15) is 0 Å². The van der Waals surface area contributed by atoms with Crippen molar-refractivity contribution in [2.45, 2.75) is 36.8 Å². The Labute approximate surface area is 76.2 Å². The van der Waals surface area contributed by atoms with Crippen molar-refractivity contribution >= 4 is 0 Å². The molecular formula is C8H15NO4. The van der Waals surface area contributed by atoms with Gasteiger partial charge in [0.25, 0.3) is 0 Å². The van der Waals surface area contributed by atoms with Crippen LogP contribution in [0.15, 0.2) is 0 Å². The number of fused-ring (bicyclic) bond motifs is 1. The van der Waals surface area contributed by atoms with Crippen molar-refractivity contribution in [2.75, 3.05) is 13.2 Å². The summed E-state index contributed by atoms with van der Waals surface area (Å²) in [6.45, 7) is 0.451. The number of hydrogen-bond acceptors (Lipinski definition) is 5. The zero-order chi connectivity index (χ0) is 9.59. The van der Waals surface area contributed by atoms with Crippen molar-refractivity contribution in [1.29, 1.82) is 0 Å². The molecule has 0 bridgehead atoms. The topological polar surface area (TPSA) is 84.2 Å². The average molecular weight is 189 g/mol. The highest BCUT2D eigenvalue weighted by Crippen LogP contribution is 2.33. The summed E-state index contributed by atoms with van der Waals surface area (Å²) in [5.41, 5.74) is 0. The summed E-state index contributed by atoms with van der Waals surface area (Å²) < 4.78 is 0. The summed E-state index contributed by atoms with van der Waals surface area (Å²) in [4.78, 5) is 1.79. The summed E-state index contributed by atoms with van der Waals surface area (Å²) in [5.74, 6) is 0. The second-order valence-corrected chi connectivity index (χ2v) is 3.82. The third-order valence-corrected chi connectivity index (χ3v) is 3.17. The third-order valence-electron chi connectivity index (χ3n) is 3.17. The first-order chi connectivity index (χ1) is 6.16. The van der Waals surface area contributed by atoms with E-state index in [-0.39, 0.29) is 6.61 Å². The zero-order valence-corrected chi connectivity index (χ0v) is 7.24. The Hall–Kier alpha value is -0.200. The number of aliphatic hydroxyl groups is 4. The quantitative estimate of drug-likeness (QED) is 0.367. The van der Waals surface area contributed by atoms with Gasteiger partial charge in [-0.2, -0.15) is 0 Å². The van der Waals surface area contributed by atoms with E-state index in [1.807, 2.05) is 0 Å².